The fourth-order valence-electron chi connectivity index (χ4n) is 5.67. The number of hydrogen-bond donors (Lipinski definition) is 1. The zero-order valence-corrected chi connectivity index (χ0v) is 23.7. The number of esters is 1. The molecule has 10 nitrogen and oxygen atoms in total. The second-order valence-corrected chi connectivity index (χ2v) is 12.0. The molecule has 3 heterocycles. The molecule has 0 spiro atoms. The summed E-state index contributed by atoms with van der Waals surface area (Å²) in [6.45, 7) is 8.93. The largest absolute Gasteiger partial charge is 0.467 e. The Morgan fingerprint density at radius 3 is 2.59 bits per heavy atom. The molecule has 0 radical (unpaired) electrons. The quantitative estimate of drug-likeness (QED) is 0.446. The van der Waals surface area contributed by atoms with E-state index < -0.39 is 42.3 Å². The zero-order chi connectivity index (χ0) is 28.3. The van der Waals surface area contributed by atoms with E-state index in [-0.39, 0.29) is 30.9 Å². The fraction of sp³-hybridized carbons (Fsp3) is 0.655. The van der Waals surface area contributed by atoms with E-state index in [0.717, 1.165) is 31.2 Å². The molecule has 1 fully saturated rings. The molecule has 10 heteroatoms. The van der Waals surface area contributed by atoms with E-state index in [0.29, 0.717) is 13.1 Å². The van der Waals surface area contributed by atoms with Gasteiger partial charge in [-0.3, -0.25) is 9.69 Å². The summed E-state index contributed by atoms with van der Waals surface area (Å²) in [5.41, 5.74) is 3.28. The summed E-state index contributed by atoms with van der Waals surface area (Å²) in [5.74, 6) is -1.30. The lowest BCUT2D eigenvalue weighted by Crippen LogP contribution is -2.54. The number of carbonyl (C=O) groups is 4. The molecule has 3 amide bonds. The smallest absolute Gasteiger partial charge is 0.410 e. The first-order chi connectivity index (χ1) is 18.5. The summed E-state index contributed by atoms with van der Waals surface area (Å²) >= 11 is 0. The number of nitrogens with zero attached hydrogens (tertiary/aromatic N) is 2. The molecule has 1 saturated heterocycles. The highest BCUT2D eigenvalue weighted by molar-refractivity contribution is 5.90. The van der Waals surface area contributed by atoms with Crippen molar-refractivity contribution in [3.63, 3.8) is 0 Å². The van der Waals surface area contributed by atoms with Crippen molar-refractivity contribution in [3.05, 3.63) is 34.9 Å². The van der Waals surface area contributed by atoms with Crippen molar-refractivity contribution in [1.82, 2.24) is 15.1 Å². The van der Waals surface area contributed by atoms with Crippen molar-refractivity contribution in [2.24, 2.45) is 11.3 Å². The molecule has 39 heavy (non-hydrogen) atoms. The molecule has 1 aromatic carbocycles. The lowest BCUT2D eigenvalue weighted by atomic mass is 9.87. The molecular formula is C29H41N3O7. The Kier molecular flexibility index (Phi) is 8.71. The predicted octanol–water partition coefficient (Wildman–Crippen LogP) is 3.78. The zero-order valence-electron chi connectivity index (χ0n) is 23.7. The van der Waals surface area contributed by atoms with Crippen LogP contribution in [0.25, 0.3) is 0 Å². The number of benzene rings is 1. The number of fused-ring (bicyclic) bond motifs is 3. The van der Waals surface area contributed by atoms with Gasteiger partial charge < -0.3 is 24.4 Å². The predicted molar refractivity (Wildman–Crippen MR) is 143 cm³/mol. The molecule has 1 unspecified atom stereocenters. The number of alkyl carbamates (subject to hydrolysis) is 1. The minimum Gasteiger partial charge on any atom is -0.467 e. The molecule has 0 aliphatic carbocycles. The topological polar surface area (TPSA) is 114 Å². The van der Waals surface area contributed by atoms with Gasteiger partial charge in [-0.2, -0.15) is 0 Å². The first-order valence-corrected chi connectivity index (χ1v) is 13.9. The van der Waals surface area contributed by atoms with E-state index in [1.807, 2.05) is 26.0 Å². The number of ether oxygens (including phenoxy) is 3. The fourth-order valence-corrected chi connectivity index (χ4v) is 5.67. The maximum absolute atomic E-state index is 13.6. The highest BCUT2D eigenvalue weighted by Crippen LogP contribution is 2.31. The third-order valence-electron chi connectivity index (χ3n) is 7.97. The molecule has 0 aromatic heterocycles. The lowest BCUT2D eigenvalue weighted by molar-refractivity contribution is -0.152. The van der Waals surface area contributed by atoms with Crippen LogP contribution in [0.15, 0.2) is 18.2 Å². The van der Waals surface area contributed by atoms with Crippen molar-refractivity contribution in [1.29, 1.82) is 0 Å². The van der Waals surface area contributed by atoms with Gasteiger partial charge in [0, 0.05) is 19.5 Å². The standard InChI is InChI=1S/C29H41N3O7/c1-18(2)24-25(33)32-15-21(13-23(32)26(34)37-5)39-28(36)31-14-20-11-8-10-19(22(20)16-31)9-6-7-12-29(3,4)17-38-27(35)30-24/h8,10-11,18,21,23-24H,6-7,9,12-17H2,1-5H3,(H,30,35)/t21?,23-,24-/m0/s1. The van der Waals surface area contributed by atoms with Gasteiger partial charge in [0.05, 0.1) is 20.3 Å². The highest BCUT2D eigenvalue weighted by Gasteiger charge is 2.45. The first kappa shape index (κ1) is 28.7. The van der Waals surface area contributed by atoms with Crippen LogP contribution in [-0.2, 0) is 43.3 Å². The van der Waals surface area contributed by atoms with Crippen LogP contribution in [0.2, 0.25) is 0 Å². The van der Waals surface area contributed by atoms with Crippen molar-refractivity contribution in [3.8, 4) is 0 Å². The van der Waals surface area contributed by atoms with E-state index >= 15 is 0 Å². The Morgan fingerprint density at radius 2 is 1.87 bits per heavy atom. The van der Waals surface area contributed by atoms with Gasteiger partial charge in [-0.15, -0.1) is 0 Å². The monoisotopic (exact) mass is 543 g/mol. The van der Waals surface area contributed by atoms with E-state index in [4.69, 9.17) is 14.2 Å². The van der Waals surface area contributed by atoms with Crippen molar-refractivity contribution in [2.75, 3.05) is 20.3 Å². The molecule has 4 rings (SSSR count). The van der Waals surface area contributed by atoms with Crippen LogP contribution < -0.4 is 5.32 Å². The number of cyclic esters (lactones) is 1. The van der Waals surface area contributed by atoms with Gasteiger partial charge >= 0.3 is 18.2 Å². The van der Waals surface area contributed by atoms with Crippen LogP contribution in [-0.4, -0.2) is 72.3 Å². The SMILES string of the molecule is COC(=O)[C@@H]1CC2CN1C(=O)[C@H](C(C)C)NC(=O)OCC(C)(C)CCCCc1cccc3c1CN(C3)C(=O)O2. The average molecular weight is 544 g/mol. The van der Waals surface area contributed by atoms with Crippen molar-refractivity contribution in [2.45, 2.75) is 91.1 Å². The van der Waals surface area contributed by atoms with Crippen LogP contribution in [0.3, 0.4) is 0 Å². The summed E-state index contributed by atoms with van der Waals surface area (Å²) in [4.78, 5) is 55.2. The van der Waals surface area contributed by atoms with Crippen LogP contribution in [0.4, 0.5) is 9.59 Å². The van der Waals surface area contributed by atoms with E-state index in [9.17, 15) is 19.2 Å². The molecule has 1 aromatic rings. The molecule has 3 aliphatic rings. The number of carbonyl (C=O) groups excluding carboxylic acids is 4. The number of nitrogens with one attached hydrogen (secondary N) is 1. The van der Waals surface area contributed by atoms with Crippen LogP contribution in [0.1, 0.15) is 70.1 Å². The summed E-state index contributed by atoms with van der Waals surface area (Å²) in [6.07, 6.45) is 2.01. The Hall–Kier alpha value is -3.30. The van der Waals surface area contributed by atoms with Gasteiger partial charge in [-0.25, -0.2) is 14.4 Å². The minimum atomic E-state index is -0.921. The number of rotatable bonds is 2. The van der Waals surface area contributed by atoms with Gasteiger partial charge in [-0.05, 0) is 47.3 Å². The Labute approximate surface area is 230 Å². The number of hydrogen-bond acceptors (Lipinski definition) is 7. The van der Waals surface area contributed by atoms with Gasteiger partial charge in [0.2, 0.25) is 5.91 Å². The second kappa shape index (κ2) is 11.8. The Bertz CT molecular complexity index is 1100. The third-order valence-corrected chi connectivity index (χ3v) is 7.97. The van der Waals surface area contributed by atoms with Crippen LogP contribution in [0, 0.1) is 11.3 Å². The van der Waals surface area contributed by atoms with Crippen LogP contribution >= 0.6 is 0 Å². The maximum atomic E-state index is 13.6. The molecule has 4 bridgehead atoms. The minimum absolute atomic E-state index is 0.0311. The number of amides is 3. The summed E-state index contributed by atoms with van der Waals surface area (Å²) < 4.78 is 16.3. The first-order valence-electron chi connectivity index (χ1n) is 13.9. The van der Waals surface area contributed by atoms with E-state index in [2.05, 4.69) is 25.2 Å². The van der Waals surface area contributed by atoms with Gasteiger partial charge in [0.1, 0.15) is 18.2 Å². The van der Waals surface area contributed by atoms with Crippen molar-refractivity contribution < 1.29 is 33.4 Å². The summed E-state index contributed by atoms with van der Waals surface area (Å²) in [6, 6.07) is 4.35. The van der Waals surface area contributed by atoms with Crippen molar-refractivity contribution >= 4 is 24.1 Å². The van der Waals surface area contributed by atoms with E-state index in [1.165, 1.54) is 23.1 Å². The number of aryl methyl sites for hydroxylation is 1. The van der Waals surface area contributed by atoms with E-state index in [1.54, 1.807) is 4.90 Å². The van der Waals surface area contributed by atoms with Gasteiger partial charge in [0.25, 0.3) is 0 Å². The van der Waals surface area contributed by atoms with Gasteiger partial charge in [0.15, 0.2) is 0 Å². The summed E-state index contributed by atoms with van der Waals surface area (Å²) in [5, 5.41) is 2.70. The second-order valence-electron chi connectivity index (χ2n) is 12.0. The molecule has 3 atom stereocenters. The summed E-state index contributed by atoms with van der Waals surface area (Å²) in [7, 11) is 1.26. The molecule has 1 N–H and O–H groups in total. The third kappa shape index (κ3) is 6.65. The normalized spacial score (nSPS) is 26.1. The molecule has 3 aliphatic heterocycles. The van der Waals surface area contributed by atoms with Crippen LogP contribution in [0.5, 0.6) is 0 Å². The average Bonchev–Trinajstić information content (AvgIpc) is 3.52. The Balaban J connectivity index is 1.60. The molecule has 0 saturated carbocycles. The maximum Gasteiger partial charge on any atom is 0.410 e. The lowest BCUT2D eigenvalue weighted by Gasteiger charge is -2.30. The number of methoxy groups -OCH3 is 1. The molecule has 214 valence electrons. The van der Waals surface area contributed by atoms with Gasteiger partial charge in [-0.1, -0.05) is 52.3 Å². The Morgan fingerprint density at radius 1 is 1.13 bits per heavy atom. The highest BCUT2D eigenvalue weighted by atomic mass is 16.6. The molecular weight excluding hydrogens is 502 g/mol.